The molecule has 164 valence electrons. The molecule has 0 radical (unpaired) electrons. The van der Waals surface area contributed by atoms with E-state index < -0.39 is 5.60 Å². The van der Waals surface area contributed by atoms with Gasteiger partial charge in [0, 0.05) is 12.1 Å². The van der Waals surface area contributed by atoms with Crippen molar-refractivity contribution in [3.8, 4) is 23.1 Å². The first-order valence-electron chi connectivity index (χ1n) is 10.4. The Hall–Kier alpha value is -3.84. The third-order valence-corrected chi connectivity index (χ3v) is 4.86. The largest absolute Gasteiger partial charge is 0.390 e. The maximum absolute atomic E-state index is 9.97. The zero-order valence-corrected chi connectivity index (χ0v) is 18.5. The van der Waals surface area contributed by atoms with Gasteiger partial charge < -0.3 is 10.4 Å². The maximum atomic E-state index is 9.97. The van der Waals surface area contributed by atoms with Gasteiger partial charge in [0.2, 0.25) is 0 Å². The Kier molecular flexibility index (Phi) is 5.59. The number of nitrogens with zero attached hydrogens (tertiary/aromatic N) is 8. The molecule has 32 heavy (non-hydrogen) atoms. The van der Waals surface area contributed by atoms with Crippen molar-refractivity contribution in [2.45, 2.75) is 52.2 Å². The quantitative estimate of drug-likeness (QED) is 0.457. The number of hydrogen-bond donors (Lipinski definition) is 2. The van der Waals surface area contributed by atoms with Crippen LogP contribution >= 0.6 is 0 Å². The van der Waals surface area contributed by atoms with E-state index in [0.29, 0.717) is 35.4 Å². The van der Waals surface area contributed by atoms with Gasteiger partial charge in [-0.15, -0.1) is 5.10 Å². The molecule has 0 aliphatic rings. The van der Waals surface area contributed by atoms with Gasteiger partial charge in [0.25, 0.3) is 0 Å². The molecule has 0 bridgehead atoms. The summed E-state index contributed by atoms with van der Waals surface area (Å²) in [5, 5.41) is 35.3. The van der Waals surface area contributed by atoms with Gasteiger partial charge >= 0.3 is 0 Å². The van der Waals surface area contributed by atoms with Crippen LogP contribution in [0.2, 0.25) is 0 Å². The summed E-state index contributed by atoms with van der Waals surface area (Å²) in [4.78, 5) is 8.98. The lowest BCUT2D eigenvalue weighted by Crippen LogP contribution is -2.19. The molecule has 0 saturated heterocycles. The number of aromatic nitrogens is 7. The van der Waals surface area contributed by atoms with Gasteiger partial charge in [-0.25, -0.2) is 14.2 Å². The highest BCUT2D eigenvalue weighted by Crippen LogP contribution is 2.27. The minimum Gasteiger partial charge on any atom is -0.390 e. The fourth-order valence-electron chi connectivity index (χ4n) is 3.27. The number of imidazole rings is 1. The van der Waals surface area contributed by atoms with Crippen LogP contribution in [-0.4, -0.2) is 51.3 Å². The lowest BCUT2D eigenvalue weighted by atomic mass is 10.0. The van der Waals surface area contributed by atoms with E-state index in [9.17, 15) is 5.11 Å². The molecule has 4 aromatic heterocycles. The SMILES string of the molecule is CC(C)Nc1cc(-c2cnc3cc(C#N)cnn23)ncc1-n1cc(CCC(C)(C)O)nn1. The summed E-state index contributed by atoms with van der Waals surface area (Å²) in [6.07, 6.45) is 8.00. The Labute approximate surface area is 185 Å². The molecular weight excluding hydrogens is 406 g/mol. The molecule has 0 saturated carbocycles. The minimum absolute atomic E-state index is 0.181. The van der Waals surface area contributed by atoms with Crippen molar-refractivity contribution in [1.29, 1.82) is 5.26 Å². The van der Waals surface area contributed by atoms with Gasteiger partial charge in [-0.2, -0.15) is 10.4 Å². The lowest BCUT2D eigenvalue weighted by Gasteiger charge is -2.16. The lowest BCUT2D eigenvalue weighted by molar-refractivity contribution is 0.0711. The first-order chi connectivity index (χ1) is 15.2. The van der Waals surface area contributed by atoms with Crippen LogP contribution in [0.1, 0.15) is 45.4 Å². The summed E-state index contributed by atoms with van der Waals surface area (Å²) in [6, 6.07) is 5.86. The normalized spacial score (nSPS) is 11.8. The van der Waals surface area contributed by atoms with Gasteiger partial charge in [0.15, 0.2) is 5.65 Å². The average Bonchev–Trinajstić information content (AvgIpc) is 3.38. The highest BCUT2D eigenvalue weighted by Gasteiger charge is 2.17. The van der Waals surface area contributed by atoms with Crippen LogP contribution in [0.15, 0.2) is 36.9 Å². The smallest absolute Gasteiger partial charge is 0.155 e. The number of nitriles is 1. The monoisotopic (exact) mass is 431 g/mol. The molecule has 4 aromatic rings. The van der Waals surface area contributed by atoms with Crippen molar-refractivity contribution in [3.05, 3.63) is 48.2 Å². The van der Waals surface area contributed by atoms with Crippen LogP contribution in [0.4, 0.5) is 5.69 Å². The molecule has 0 aliphatic carbocycles. The Morgan fingerprint density at radius 1 is 1.19 bits per heavy atom. The number of pyridine rings is 1. The van der Waals surface area contributed by atoms with Crippen molar-refractivity contribution in [3.63, 3.8) is 0 Å². The molecule has 0 fully saturated rings. The van der Waals surface area contributed by atoms with Crippen LogP contribution < -0.4 is 5.32 Å². The molecule has 4 heterocycles. The molecule has 2 N–H and O–H groups in total. The summed E-state index contributed by atoms with van der Waals surface area (Å²) in [5.74, 6) is 0. The Morgan fingerprint density at radius 2 is 2.00 bits per heavy atom. The summed E-state index contributed by atoms with van der Waals surface area (Å²) < 4.78 is 3.35. The molecule has 0 aliphatic heterocycles. The second-order valence-electron chi connectivity index (χ2n) is 8.62. The molecule has 0 spiro atoms. The standard InChI is InChI=1S/C22H25N9O/c1-14(2)27-18-8-17(20-12-25-21-7-15(9-23)10-26-31(20)21)24-11-19(18)30-13-16(28-29-30)5-6-22(3,4)32/h7-8,10-14,32H,5-6H2,1-4H3,(H,24,27). The molecule has 0 aromatic carbocycles. The van der Waals surface area contributed by atoms with Crippen molar-refractivity contribution in [1.82, 2.24) is 34.6 Å². The molecule has 10 nitrogen and oxygen atoms in total. The number of rotatable bonds is 7. The number of anilines is 1. The number of aryl methyl sites for hydroxylation is 1. The van der Waals surface area contributed by atoms with Gasteiger partial charge in [0.1, 0.15) is 17.5 Å². The average molecular weight is 432 g/mol. The first-order valence-corrected chi connectivity index (χ1v) is 10.4. The summed E-state index contributed by atoms with van der Waals surface area (Å²) in [7, 11) is 0. The molecule has 0 unspecified atom stereocenters. The van der Waals surface area contributed by atoms with Crippen molar-refractivity contribution in [2.24, 2.45) is 0 Å². The van der Waals surface area contributed by atoms with Crippen molar-refractivity contribution in [2.75, 3.05) is 5.32 Å². The van der Waals surface area contributed by atoms with Crippen molar-refractivity contribution >= 4 is 11.3 Å². The van der Waals surface area contributed by atoms with E-state index in [1.54, 1.807) is 41.5 Å². The van der Waals surface area contributed by atoms with Crippen LogP contribution in [0.5, 0.6) is 0 Å². The van der Waals surface area contributed by atoms with Gasteiger partial charge in [0.05, 0.1) is 53.0 Å². The Balaban J connectivity index is 1.70. The van der Waals surface area contributed by atoms with E-state index in [1.807, 2.05) is 12.3 Å². The van der Waals surface area contributed by atoms with E-state index in [2.05, 4.69) is 50.6 Å². The third kappa shape index (κ3) is 4.58. The van der Waals surface area contributed by atoms with Crippen LogP contribution in [0.3, 0.4) is 0 Å². The molecule has 10 heteroatoms. The molecular formula is C22H25N9O. The molecule has 0 atom stereocenters. The minimum atomic E-state index is -0.757. The second-order valence-corrected chi connectivity index (χ2v) is 8.62. The highest BCUT2D eigenvalue weighted by molar-refractivity contribution is 5.70. The molecule has 4 rings (SSSR count). The summed E-state index contributed by atoms with van der Waals surface area (Å²) in [6.45, 7) is 7.67. The van der Waals surface area contributed by atoms with E-state index in [4.69, 9.17) is 5.26 Å². The van der Waals surface area contributed by atoms with E-state index in [0.717, 1.165) is 17.1 Å². The fraction of sp³-hybridized carbons (Fsp3) is 0.364. The number of fused-ring (bicyclic) bond motifs is 1. The zero-order valence-electron chi connectivity index (χ0n) is 18.5. The first kappa shape index (κ1) is 21.4. The van der Waals surface area contributed by atoms with E-state index in [-0.39, 0.29) is 6.04 Å². The third-order valence-electron chi connectivity index (χ3n) is 4.86. The predicted octanol–water partition coefficient (Wildman–Crippen LogP) is 2.77. The Morgan fingerprint density at radius 3 is 2.72 bits per heavy atom. The molecule has 0 amide bonds. The van der Waals surface area contributed by atoms with Gasteiger partial charge in [-0.3, -0.25) is 4.98 Å². The van der Waals surface area contributed by atoms with Crippen LogP contribution in [-0.2, 0) is 6.42 Å². The fourth-order valence-corrected chi connectivity index (χ4v) is 3.27. The topological polar surface area (TPSA) is 130 Å². The Bertz CT molecular complexity index is 1290. The highest BCUT2D eigenvalue weighted by atomic mass is 16.3. The number of nitrogens with one attached hydrogen (secondary N) is 1. The van der Waals surface area contributed by atoms with Crippen LogP contribution in [0.25, 0.3) is 22.7 Å². The van der Waals surface area contributed by atoms with Crippen molar-refractivity contribution < 1.29 is 5.11 Å². The van der Waals surface area contributed by atoms with Crippen LogP contribution in [0, 0.1) is 11.3 Å². The van der Waals surface area contributed by atoms with E-state index in [1.165, 1.54) is 6.20 Å². The number of aliphatic hydroxyl groups is 1. The van der Waals surface area contributed by atoms with Gasteiger partial charge in [-0.05, 0) is 46.6 Å². The predicted molar refractivity (Wildman–Crippen MR) is 119 cm³/mol. The summed E-state index contributed by atoms with van der Waals surface area (Å²) >= 11 is 0. The van der Waals surface area contributed by atoms with Gasteiger partial charge in [-0.1, -0.05) is 5.21 Å². The maximum Gasteiger partial charge on any atom is 0.155 e. The zero-order chi connectivity index (χ0) is 22.9. The summed E-state index contributed by atoms with van der Waals surface area (Å²) in [5.41, 5.74) is 4.07. The second kappa shape index (κ2) is 8.36. The number of hydrogen-bond acceptors (Lipinski definition) is 8. The van der Waals surface area contributed by atoms with E-state index >= 15 is 0 Å².